The van der Waals surface area contributed by atoms with Gasteiger partial charge in [-0.25, -0.2) is 0 Å². The van der Waals surface area contributed by atoms with Gasteiger partial charge in [-0.15, -0.1) is 0 Å². The highest BCUT2D eigenvalue weighted by Gasteiger charge is 2.28. The molecule has 2 rings (SSSR count). The monoisotopic (exact) mass is 260 g/mol. The second-order valence-electron chi connectivity index (χ2n) is 5.36. The first-order chi connectivity index (χ1) is 9.17. The van der Waals surface area contributed by atoms with Gasteiger partial charge in [0.2, 0.25) is 5.91 Å². The Morgan fingerprint density at radius 2 is 2.00 bits per heavy atom. The predicted molar refractivity (Wildman–Crippen MR) is 79.3 cm³/mol. The van der Waals surface area contributed by atoms with Crippen molar-refractivity contribution in [3.63, 3.8) is 0 Å². The van der Waals surface area contributed by atoms with Gasteiger partial charge in [-0.2, -0.15) is 0 Å². The third kappa shape index (κ3) is 2.98. The SMILES string of the molecule is CCC(CC)CNC1CC(=O)N(C)c2ccccc21. The Bertz CT molecular complexity index is 440. The van der Waals surface area contributed by atoms with Crippen LogP contribution in [0.3, 0.4) is 0 Å². The Balaban J connectivity index is 2.14. The van der Waals surface area contributed by atoms with Crippen LogP contribution in [-0.2, 0) is 4.79 Å². The maximum Gasteiger partial charge on any atom is 0.228 e. The number of amides is 1. The van der Waals surface area contributed by atoms with E-state index in [2.05, 4.69) is 25.2 Å². The molecule has 1 unspecified atom stereocenters. The molecule has 1 aromatic rings. The second-order valence-corrected chi connectivity index (χ2v) is 5.36. The van der Waals surface area contributed by atoms with Crippen LogP contribution < -0.4 is 10.2 Å². The van der Waals surface area contributed by atoms with Crippen LogP contribution >= 0.6 is 0 Å². The molecular weight excluding hydrogens is 236 g/mol. The normalized spacial score (nSPS) is 18.8. The van der Waals surface area contributed by atoms with E-state index >= 15 is 0 Å². The fourth-order valence-electron chi connectivity index (χ4n) is 2.71. The predicted octanol–water partition coefficient (Wildman–Crippen LogP) is 3.12. The average Bonchev–Trinajstić information content (AvgIpc) is 2.45. The molecule has 0 bridgehead atoms. The molecule has 1 aromatic carbocycles. The summed E-state index contributed by atoms with van der Waals surface area (Å²) in [4.78, 5) is 13.8. The summed E-state index contributed by atoms with van der Waals surface area (Å²) in [5.41, 5.74) is 2.29. The van der Waals surface area contributed by atoms with E-state index in [1.54, 1.807) is 4.90 Å². The average molecular weight is 260 g/mol. The van der Waals surface area contributed by atoms with Crippen LogP contribution in [0.25, 0.3) is 0 Å². The number of hydrogen-bond acceptors (Lipinski definition) is 2. The van der Waals surface area contributed by atoms with Crippen molar-refractivity contribution in [1.29, 1.82) is 0 Å². The maximum atomic E-state index is 12.0. The van der Waals surface area contributed by atoms with Gasteiger partial charge in [0.1, 0.15) is 0 Å². The van der Waals surface area contributed by atoms with E-state index in [0.29, 0.717) is 12.3 Å². The van der Waals surface area contributed by atoms with Gasteiger partial charge in [-0.1, -0.05) is 44.9 Å². The first-order valence-electron chi connectivity index (χ1n) is 7.26. The maximum absolute atomic E-state index is 12.0. The van der Waals surface area contributed by atoms with Crippen LogP contribution in [0.15, 0.2) is 24.3 Å². The van der Waals surface area contributed by atoms with Crippen molar-refractivity contribution in [2.45, 2.75) is 39.2 Å². The van der Waals surface area contributed by atoms with Crippen LogP contribution in [0.1, 0.15) is 44.7 Å². The first kappa shape index (κ1) is 14.1. The molecule has 1 aliphatic rings. The van der Waals surface area contributed by atoms with E-state index in [1.165, 1.54) is 18.4 Å². The number of carbonyl (C=O) groups is 1. The van der Waals surface area contributed by atoms with Crippen LogP contribution in [0, 0.1) is 5.92 Å². The van der Waals surface area contributed by atoms with Crippen molar-refractivity contribution >= 4 is 11.6 Å². The van der Waals surface area contributed by atoms with Gasteiger partial charge in [0.05, 0.1) is 0 Å². The molecule has 104 valence electrons. The highest BCUT2D eigenvalue weighted by Crippen LogP contribution is 2.33. The molecule has 3 heteroatoms. The van der Waals surface area contributed by atoms with Crippen LogP contribution in [0.5, 0.6) is 0 Å². The lowest BCUT2D eigenvalue weighted by Crippen LogP contribution is -2.39. The van der Waals surface area contributed by atoms with Crippen molar-refractivity contribution in [1.82, 2.24) is 5.32 Å². The number of fused-ring (bicyclic) bond motifs is 1. The molecular formula is C16H24N2O. The Morgan fingerprint density at radius 1 is 1.32 bits per heavy atom. The summed E-state index contributed by atoms with van der Waals surface area (Å²) in [7, 11) is 1.86. The van der Waals surface area contributed by atoms with Crippen LogP contribution in [0.2, 0.25) is 0 Å². The summed E-state index contributed by atoms with van der Waals surface area (Å²) in [6, 6.07) is 8.36. The molecule has 0 aromatic heterocycles. The first-order valence-corrected chi connectivity index (χ1v) is 7.26. The zero-order chi connectivity index (χ0) is 13.8. The smallest absolute Gasteiger partial charge is 0.228 e. The Labute approximate surface area is 116 Å². The highest BCUT2D eigenvalue weighted by molar-refractivity contribution is 5.96. The molecule has 0 saturated heterocycles. The molecule has 3 nitrogen and oxygen atoms in total. The quantitative estimate of drug-likeness (QED) is 0.882. The molecule has 0 radical (unpaired) electrons. The van der Waals surface area contributed by atoms with Gasteiger partial charge in [0, 0.05) is 25.2 Å². The minimum absolute atomic E-state index is 0.167. The van der Waals surface area contributed by atoms with Crippen molar-refractivity contribution in [3.8, 4) is 0 Å². The lowest BCUT2D eigenvalue weighted by atomic mass is 9.95. The number of anilines is 1. The van der Waals surface area contributed by atoms with E-state index in [0.717, 1.165) is 12.2 Å². The molecule has 1 atom stereocenters. The van der Waals surface area contributed by atoms with E-state index in [1.807, 2.05) is 25.2 Å². The van der Waals surface area contributed by atoms with Crippen LogP contribution in [-0.4, -0.2) is 19.5 Å². The standard InChI is InChI=1S/C16H24N2O/c1-4-12(5-2)11-17-14-10-16(19)18(3)15-9-7-6-8-13(14)15/h6-9,12,14,17H,4-5,10-11H2,1-3H3. The molecule has 0 saturated carbocycles. The molecule has 1 amide bonds. The summed E-state index contributed by atoms with van der Waals surface area (Å²) < 4.78 is 0. The van der Waals surface area contributed by atoms with Gasteiger partial charge in [0.15, 0.2) is 0 Å². The number of carbonyl (C=O) groups excluding carboxylic acids is 1. The largest absolute Gasteiger partial charge is 0.315 e. The summed E-state index contributed by atoms with van der Waals surface area (Å²) in [6.07, 6.45) is 2.94. The summed E-state index contributed by atoms with van der Waals surface area (Å²) >= 11 is 0. The minimum Gasteiger partial charge on any atom is -0.315 e. The molecule has 1 N–H and O–H groups in total. The number of hydrogen-bond donors (Lipinski definition) is 1. The zero-order valence-corrected chi connectivity index (χ0v) is 12.1. The van der Waals surface area contributed by atoms with E-state index < -0.39 is 0 Å². The number of nitrogens with zero attached hydrogens (tertiary/aromatic N) is 1. The number of nitrogens with one attached hydrogen (secondary N) is 1. The Morgan fingerprint density at radius 3 is 2.68 bits per heavy atom. The Hall–Kier alpha value is -1.35. The third-order valence-corrected chi connectivity index (χ3v) is 4.23. The zero-order valence-electron chi connectivity index (χ0n) is 12.1. The summed E-state index contributed by atoms with van der Waals surface area (Å²) in [6.45, 7) is 5.44. The van der Waals surface area contributed by atoms with Crippen LogP contribution in [0.4, 0.5) is 5.69 Å². The second kappa shape index (κ2) is 6.20. The fraction of sp³-hybridized carbons (Fsp3) is 0.562. The van der Waals surface area contributed by atoms with Crippen molar-refractivity contribution in [3.05, 3.63) is 29.8 Å². The van der Waals surface area contributed by atoms with Crippen molar-refractivity contribution < 1.29 is 4.79 Å². The molecule has 0 aliphatic carbocycles. The summed E-state index contributed by atoms with van der Waals surface area (Å²) in [5.74, 6) is 0.891. The van der Waals surface area contributed by atoms with Gasteiger partial charge in [-0.3, -0.25) is 4.79 Å². The van der Waals surface area contributed by atoms with Gasteiger partial charge in [-0.05, 0) is 24.1 Å². The summed E-state index contributed by atoms with van der Waals surface area (Å²) in [5, 5.41) is 3.58. The van der Waals surface area contributed by atoms with Crippen molar-refractivity contribution in [2.24, 2.45) is 5.92 Å². The van der Waals surface area contributed by atoms with Crippen molar-refractivity contribution in [2.75, 3.05) is 18.5 Å². The minimum atomic E-state index is 0.167. The lowest BCUT2D eigenvalue weighted by molar-refractivity contribution is -0.119. The molecule has 19 heavy (non-hydrogen) atoms. The molecule has 1 heterocycles. The molecule has 0 fully saturated rings. The molecule has 1 aliphatic heterocycles. The van der Waals surface area contributed by atoms with E-state index in [9.17, 15) is 4.79 Å². The lowest BCUT2D eigenvalue weighted by Gasteiger charge is -2.32. The van der Waals surface area contributed by atoms with Gasteiger partial charge in [0.25, 0.3) is 0 Å². The van der Waals surface area contributed by atoms with Gasteiger partial charge >= 0.3 is 0 Å². The van der Waals surface area contributed by atoms with Gasteiger partial charge < -0.3 is 10.2 Å². The topological polar surface area (TPSA) is 32.3 Å². The Kier molecular flexibility index (Phi) is 4.59. The fourth-order valence-corrected chi connectivity index (χ4v) is 2.71. The third-order valence-electron chi connectivity index (χ3n) is 4.23. The molecule has 0 spiro atoms. The number of benzene rings is 1. The number of para-hydroxylation sites is 1. The number of rotatable bonds is 5. The van der Waals surface area contributed by atoms with E-state index in [4.69, 9.17) is 0 Å². The van der Waals surface area contributed by atoms with E-state index in [-0.39, 0.29) is 11.9 Å². The highest BCUT2D eigenvalue weighted by atomic mass is 16.2.